The summed E-state index contributed by atoms with van der Waals surface area (Å²) in [5, 5.41) is 2.07. The first-order valence-corrected chi connectivity index (χ1v) is 13.3. The Morgan fingerprint density at radius 3 is 2.53 bits per heavy atom. The third-order valence-corrected chi connectivity index (χ3v) is 7.87. The molecule has 7 heteroatoms. The van der Waals surface area contributed by atoms with E-state index in [1.807, 2.05) is 74.2 Å². The summed E-state index contributed by atoms with van der Waals surface area (Å²) in [6, 6.07) is 16.8. The van der Waals surface area contributed by atoms with Crippen LogP contribution in [0.25, 0.3) is 0 Å². The van der Waals surface area contributed by atoms with Gasteiger partial charge in [-0.1, -0.05) is 36.8 Å². The monoisotopic (exact) mass is 506 g/mol. The zero-order valence-electron chi connectivity index (χ0n) is 21.4. The van der Waals surface area contributed by atoms with Gasteiger partial charge in [0, 0.05) is 23.0 Å². The molecule has 1 aromatic heterocycles. The fourth-order valence-corrected chi connectivity index (χ4v) is 5.46. The summed E-state index contributed by atoms with van der Waals surface area (Å²) in [5.74, 6) is 1.11. The molecule has 0 unspecified atom stereocenters. The van der Waals surface area contributed by atoms with Crippen molar-refractivity contribution in [2.24, 2.45) is 0 Å². The van der Waals surface area contributed by atoms with E-state index in [1.54, 1.807) is 23.3 Å². The maximum absolute atomic E-state index is 13.8. The Morgan fingerprint density at radius 2 is 1.83 bits per heavy atom. The van der Waals surface area contributed by atoms with Crippen molar-refractivity contribution >= 4 is 23.2 Å². The van der Waals surface area contributed by atoms with E-state index in [1.165, 1.54) is 4.88 Å². The Bertz CT molecular complexity index is 1190. The quantitative estimate of drug-likeness (QED) is 0.384. The maximum Gasteiger partial charge on any atom is 0.254 e. The first-order valence-electron chi connectivity index (χ1n) is 12.4. The molecule has 190 valence electrons. The van der Waals surface area contributed by atoms with Crippen molar-refractivity contribution in [1.82, 2.24) is 9.80 Å². The number of benzene rings is 2. The highest BCUT2D eigenvalue weighted by Gasteiger charge is 2.34. The predicted octanol–water partition coefficient (Wildman–Crippen LogP) is 5.51. The van der Waals surface area contributed by atoms with Crippen LogP contribution in [0.15, 0.2) is 60.0 Å². The molecule has 0 bridgehead atoms. The molecule has 36 heavy (non-hydrogen) atoms. The largest absolute Gasteiger partial charge is 0.493 e. The first kappa shape index (κ1) is 25.8. The number of ether oxygens (including phenoxy) is 2. The lowest BCUT2D eigenvalue weighted by Crippen LogP contribution is -2.49. The first-order chi connectivity index (χ1) is 17.4. The van der Waals surface area contributed by atoms with Crippen molar-refractivity contribution in [1.29, 1.82) is 0 Å². The van der Waals surface area contributed by atoms with Crippen molar-refractivity contribution in [2.75, 3.05) is 26.8 Å². The second kappa shape index (κ2) is 11.6. The molecule has 0 spiro atoms. The molecular formula is C29H34N2O4S. The van der Waals surface area contributed by atoms with E-state index in [2.05, 4.69) is 11.4 Å². The van der Waals surface area contributed by atoms with E-state index in [0.717, 1.165) is 24.0 Å². The molecule has 1 aliphatic heterocycles. The van der Waals surface area contributed by atoms with Crippen molar-refractivity contribution in [3.05, 3.63) is 81.5 Å². The lowest BCUT2D eigenvalue weighted by molar-refractivity contribution is -0.136. The van der Waals surface area contributed by atoms with E-state index in [-0.39, 0.29) is 30.4 Å². The molecule has 3 aromatic rings. The lowest BCUT2D eigenvalue weighted by Gasteiger charge is -2.38. The van der Waals surface area contributed by atoms with Gasteiger partial charge in [0.25, 0.3) is 5.91 Å². The van der Waals surface area contributed by atoms with Crippen molar-refractivity contribution < 1.29 is 19.1 Å². The molecule has 4 rings (SSSR count). The number of fused-ring (bicyclic) bond motifs is 1. The molecule has 1 aliphatic rings. The van der Waals surface area contributed by atoms with Gasteiger partial charge in [-0.3, -0.25) is 9.59 Å². The van der Waals surface area contributed by atoms with Crippen LogP contribution < -0.4 is 9.47 Å². The molecule has 0 fully saturated rings. The average molecular weight is 507 g/mol. The van der Waals surface area contributed by atoms with Gasteiger partial charge in [-0.2, -0.15) is 0 Å². The number of aryl methyl sites for hydroxylation is 1. The molecular weight excluding hydrogens is 472 g/mol. The third-order valence-electron chi connectivity index (χ3n) is 6.87. The van der Waals surface area contributed by atoms with Gasteiger partial charge in [0.05, 0.1) is 13.2 Å². The normalized spacial score (nSPS) is 15.7. The Labute approximate surface area is 217 Å². The second-order valence-corrected chi connectivity index (χ2v) is 10.2. The summed E-state index contributed by atoms with van der Waals surface area (Å²) < 4.78 is 11.6. The Kier molecular flexibility index (Phi) is 8.31. The number of carbonyl (C=O) groups excluding carboxylic acids is 2. The van der Waals surface area contributed by atoms with Gasteiger partial charge in [0.15, 0.2) is 11.5 Å². The van der Waals surface area contributed by atoms with Crippen molar-refractivity contribution in [3.8, 4) is 11.5 Å². The fourth-order valence-electron chi connectivity index (χ4n) is 4.53. The SMILES string of the molecule is CC[C@@H](C)N(CC(=O)N1CCc2sccc2[C@@H]1COc1ccccc1OC)C(=O)c1ccc(C)cc1. The molecule has 6 nitrogen and oxygen atoms in total. The van der Waals surface area contributed by atoms with Gasteiger partial charge in [-0.15, -0.1) is 11.3 Å². The fraction of sp³-hybridized carbons (Fsp3) is 0.379. The highest BCUT2D eigenvalue weighted by Crippen LogP contribution is 2.35. The van der Waals surface area contributed by atoms with Crippen LogP contribution in [0.1, 0.15) is 52.7 Å². The number of rotatable bonds is 9. The Hall–Kier alpha value is -3.32. The Balaban J connectivity index is 1.56. The minimum atomic E-state index is -0.231. The molecule has 0 saturated carbocycles. The number of para-hydroxylation sites is 2. The zero-order chi connectivity index (χ0) is 25.7. The molecule has 2 amide bonds. The lowest BCUT2D eigenvalue weighted by atomic mass is 10.00. The van der Waals surface area contributed by atoms with Gasteiger partial charge >= 0.3 is 0 Å². The topological polar surface area (TPSA) is 59.1 Å². The minimum Gasteiger partial charge on any atom is -0.493 e. The summed E-state index contributed by atoms with van der Waals surface area (Å²) in [7, 11) is 1.62. The number of amides is 2. The smallest absolute Gasteiger partial charge is 0.254 e. The zero-order valence-corrected chi connectivity index (χ0v) is 22.2. The maximum atomic E-state index is 13.8. The number of hydrogen-bond acceptors (Lipinski definition) is 5. The van der Waals surface area contributed by atoms with Crippen LogP contribution in [0.3, 0.4) is 0 Å². The van der Waals surface area contributed by atoms with Gasteiger partial charge in [0.1, 0.15) is 13.2 Å². The second-order valence-electron chi connectivity index (χ2n) is 9.17. The van der Waals surface area contributed by atoms with Crippen LogP contribution in [-0.4, -0.2) is 54.5 Å². The molecule has 2 aromatic carbocycles. The van der Waals surface area contributed by atoms with E-state index >= 15 is 0 Å². The molecule has 0 saturated heterocycles. The summed E-state index contributed by atoms with van der Waals surface area (Å²) in [5.41, 5.74) is 2.81. The van der Waals surface area contributed by atoms with Crippen LogP contribution in [0.2, 0.25) is 0 Å². The van der Waals surface area contributed by atoms with Crippen molar-refractivity contribution in [3.63, 3.8) is 0 Å². The molecule has 2 atom stereocenters. The summed E-state index contributed by atoms with van der Waals surface area (Å²) >= 11 is 1.72. The number of methoxy groups -OCH3 is 1. The van der Waals surface area contributed by atoms with Crippen LogP contribution in [-0.2, 0) is 11.2 Å². The number of carbonyl (C=O) groups is 2. The van der Waals surface area contributed by atoms with Gasteiger partial charge < -0.3 is 19.3 Å². The van der Waals surface area contributed by atoms with Crippen molar-refractivity contribution in [2.45, 2.75) is 45.7 Å². The van der Waals surface area contributed by atoms with Gasteiger partial charge in [-0.05, 0) is 68.0 Å². The highest BCUT2D eigenvalue weighted by atomic mass is 32.1. The number of nitrogens with zero attached hydrogens (tertiary/aromatic N) is 2. The van der Waals surface area contributed by atoms with Gasteiger partial charge in [0.2, 0.25) is 5.91 Å². The van der Waals surface area contributed by atoms with E-state index in [0.29, 0.717) is 30.2 Å². The van der Waals surface area contributed by atoms with Crippen LogP contribution in [0.5, 0.6) is 11.5 Å². The predicted molar refractivity (Wildman–Crippen MR) is 143 cm³/mol. The van der Waals surface area contributed by atoms with Gasteiger partial charge in [-0.25, -0.2) is 0 Å². The van der Waals surface area contributed by atoms with E-state index in [4.69, 9.17) is 9.47 Å². The molecule has 2 heterocycles. The molecule has 0 N–H and O–H groups in total. The number of thiophene rings is 1. The number of hydrogen-bond donors (Lipinski definition) is 0. The van der Waals surface area contributed by atoms with E-state index in [9.17, 15) is 9.59 Å². The Morgan fingerprint density at radius 1 is 1.11 bits per heavy atom. The molecule has 0 radical (unpaired) electrons. The highest BCUT2D eigenvalue weighted by molar-refractivity contribution is 7.10. The summed E-state index contributed by atoms with van der Waals surface area (Å²) in [6.45, 7) is 6.96. The van der Waals surface area contributed by atoms with Crippen LogP contribution in [0, 0.1) is 6.92 Å². The van der Waals surface area contributed by atoms with E-state index < -0.39 is 0 Å². The van der Waals surface area contributed by atoms with Crippen LogP contribution in [0.4, 0.5) is 0 Å². The van der Waals surface area contributed by atoms with Crippen LogP contribution >= 0.6 is 11.3 Å². The molecule has 0 aliphatic carbocycles. The summed E-state index contributed by atoms with van der Waals surface area (Å²) in [4.78, 5) is 32.0. The summed E-state index contributed by atoms with van der Waals surface area (Å²) in [6.07, 6.45) is 1.57. The third kappa shape index (κ3) is 5.57. The minimum absolute atomic E-state index is 0.0341. The standard InChI is InChI=1S/C29H34N2O4S/c1-5-21(3)31(29(33)22-12-10-20(2)11-13-22)18-28(32)30-16-14-27-23(15-17-36-27)24(30)19-35-26-9-7-6-8-25(26)34-4/h6-13,15,17,21,24H,5,14,16,18-19H2,1-4H3/t21-,24+/m1/s1. The average Bonchev–Trinajstić information content (AvgIpc) is 3.39.